The second kappa shape index (κ2) is 22.5. The lowest BCUT2D eigenvalue weighted by molar-refractivity contribution is -0.145. The average molecular weight is 597 g/mol. The van der Waals surface area contributed by atoms with Crippen LogP contribution in [0, 0.1) is 5.92 Å². The number of hydrogen-bond donors (Lipinski definition) is 3. The molecule has 0 saturated carbocycles. The molecule has 0 bridgehead atoms. The van der Waals surface area contributed by atoms with Gasteiger partial charge in [0, 0.05) is 6.42 Å². The Balaban J connectivity index is 1.41. The molecule has 2 fully saturated rings. The first kappa shape index (κ1) is 37.2. The largest absolute Gasteiger partial charge is 0.462 e. The Morgan fingerprint density at radius 2 is 1.21 bits per heavy atom. The van der Waals surface area contributed by atoms with Crippen molar-refractivity contribution in [3.8, 4) is 0 Å². The third-order valence-corrected chi connectivity index (χ3v) is 9.35. The number of ketones is 1. The average Bonchev–Trinajstić information content (AvgIpc) is 3.58. The van der Waals surface area contributed by atoms with Crippen LogP contribution < -0.4 is 0 Å². The van der Waals surface area contributed by atoms with Gasteiger partial charge in [-0.1, -0.05) is 96.8 Å². The van der Waals surface area contributed by atoms with Crippen LogP contribution >= 0.6 is 0 Å². The van der Waals surface area contributed by atoms with Gasteiger partial charge in [-0.05, 0) is 64.7 Å². The molecule has 0 aromatic heterocycles. The second-order valence-corrected chi connectivity index (χ2v) is 13.4. The van der Waals surface area contributed by atoms with E-state index < -0.39 is 12.2 Å². The van der Waals surface area contributed by atoms with Crippen molar-refractivity contribution >= 4 is 11.8 Å². The molecule has 7 nitrogen and oxygen atoms in total. The van der Waals surface area contributed by atoms with Crippen molar-refractivity contribution in [1.29, 1.82) is 0 Å². The molecule has 0 unspecified atom stereocenters. The molecule has 0 amide bonds. The molecular weight excluding hydrogens is 532 g/mol. The molecule has 7 atom stereocenters. The number of carbonyl (C=O) groups is 2. The van der Waals surface area contributed by atoms with Gasteiger partial charge in [0.15, 0.2) is 0 Å². The molecule has 2 saturated heterocycles. The van der Waals surface area contributed by atoms with Crippen molar-refractivity contribution in [2.75, 3.05) is 0 Å². The minimum atomic E-state index is -0.503. The zero-order valence-corrected chi connectivity index (χ0v) is 27.0. The van der Waals surface area contributed by atoms with Crippen LogP contribution in [0.25, 0.3) is 0 Å². The van der Waals surface area contributed by atoms with E-state index in [2.05, 4.69) is 6.92 Å². The zero-order chi connectivity index (χ0) is 30.6. The predicted octanol–water partition coefficient (Wildman–Crippen LogP) is 7.35. The van der Waals surface area contributed by atoms with Crippen LogP contribution in [-0.4, -0.2) is 63.7 Å². The number of aliphatic hydroxyl groups excluding tert-OH is 3. The van der Waals surface area contributed by atoms with Gasteiger partial charge in [0.25, 0.3) is 0 Å². The van der Waals surface area contributed by atoms with E-state index >= 15 is 0 Å². The summed E-state index contributed by atoms with van der Waals surface area (Å²) in [7, 11) is 0. The lowest BCUT2D eigenvalue weighted by atomic mass is 9.96. The van der Waals surface area contributed by atoms with Gasteiger partial charge in [-0.3, -0.25) is 4.79 Å². The molecule has 0 radical (unpaired) electrons. The van der Waals surface area contributed by atoms with Crippen LogP contribution in [0.5, 0.6) is 0 Å². The first-order valence-corrected chi connectivity index (χ1v) is 17.7. The van der Waals surface area contributed by atoms with E-state index in [1.54, 1.807) is 0 Å². The highest BCUT2D eigenvalue weighted by molar-refractivity contribution is 5.83. The quantitative estimate of drug-likeness (QED) is 0.0707. The minimum absolute atomic E-state index is 0.0338. The summed E-state index contributed by atoms with van der Waals surface area (Å²) < 4.78 is 11.5. The molecule has 3 N–H and O–H groups in total. The molecular formula is C35H64O7. The van der Waals surface area contributed by atoms with E-state index in [-0.39, 0.29) is 48.5 Å². The summed E-state index contributed by atoms with van der Waals surface area (Å²) in [5.74, 6) is -0.459. The van der Waals surface area contributed by atoms with Gasteiger partial charge in [0.1, 0.15) is 11.9 Å². The Bertz CT molecular complexity index is 713. The first-order valence-electron chi connectivity index (χ1n) is 17.7. The number of rotatable bonds is 26. The predicted molar refractivity (Wildman–Crippen MR) is 167 cm³/mol. The molecule has 7 heteroatoms. The van der Waals surface area contributed by atoms with Crippen LogP contribution in [0.3, 0.4) is 0 Å². The standard InChI is InChI=1S/C35H64O7/c1-3-4-5-6-7-8-9-10-11-15-21-31(38)33-23-24-34(42-33)32(39)22-17-16-19-29(37)18-13-12-14-20-30-26-28(25-27(2)36)35(40)41-30/h28-34,37-39H,3-26H2,1-2H3/t28-,29-,30-,31-,32-,33-,34-/m1/s1. The lowest BCUT2D eigenvalue weighted by Crippen LogP contribution is -2.31. The maximum atomic E-state index is 11.8. The molecule has 0 aromatic rings. The van der Waals surface area contributed by atoms with Crippen LogP contribution in [0.15, 0.2) is 0 Å². The number of aliphatic hydroxyl groups is 3. The van der Waals surface area contributed by atoms with Crippen molar-refractivity contribution in [2.45, 2.75) is 205 Å². The van der Waals surface area contributed by atoms with Crippen molar-refractivity contribution < 1.29 is 34.4 Å². The summed E-state index contributed by atoms with van der Waals surface area (Å²) in [6.07, 6.45) is 22.2. The van der Waals surface area contributed by atoms with E-state index in [1.165, 1.54) is 64.7 Å². The highest BCUT2D eigenvalue weighted by atomic mass is 16.6. The second-order valence-electron chi connectivity index (χ2n) is 13.4. The molecule has 0 aromatic carbocycles. The number of esters is 1. The third-order valence-electron chi connectivity index (χ3n) is 9.35. The molecule has 0 spiro atoms. The fourth-order valence-electron chi connectivity index (χ4n) is 6.69. The minimum Gasteiger partial charge on any atom is -0.462 e. The summed E-state index contributed by atoms with van der Waals surface area (Å²) in [4.78, 5) is 23.1. The first-order chi connectivity index (χ1) is 20.3. The smallest absolute Gasteiger partial charge is 0.309 e. The molecule has 2 heterocycles. The third kappa shape index (κ3) is 16.2. The monoisotopic (exact) mass is 596 g/mol. The highest BCUT2D eigenvalue weighted by Gasteiger charge is 2.35. The van der Waals surface area contributed by atoms with Crippen molar-refractivity contribution in [3.05, 3.63) is 0 Å². The van der Waals surface area contributed by atoms with Gasteiger partial charge in [-0.2, -0.15) is 0 Å². The van der Waals surface area contributed by atoms with Crippen LogP contribution in [0.2, 0.25) is 0 Å². The van der Waals surface area contributed by atoms with E-state index in [0.29, 0.717) is 12.8 Å². The van der Waals surface area contributed by atoms with Gasteiger partial charge in [-0.15, -0.1) is 0 Å². The topological polar surface area (TPSA) is 113 Å². The van der Waals surface area contributed by atoms with E-state index in [0.717, 1.165) is 77.0 Å². The number of hydrogen-bond acceptors (Lipinski definition) is 7. The maximum absolute atomic E-state index is 11.8. The fourth-order valence-corrected chi connectivity index (χ4v) is 6.69. The van der Waals surface area contributed by atoms with Gasteiger partial charge in [0.05, 0.1) is 36.4 Å². The van der Waals surface area contributed by atoms with E-state index in [4.69, 9.17) is 9.47 Å². The maximum Gasteiger partial charge on any atom is 0.309 e. The number of cyclic esters (lactones) is 1. The SMILES string of the molecule is CCCCCCCCCCCC[C@@H](O)[C@H]1CC[C@H]([C@H](O)CCCC[C@H](O)CCCCC[C@@H]2C[C@@H](CC(C)=O)C(=O)O2)O1. The Morgan fingerprint density at radius 1 is 0.738 bits per heavy atom. The molecule has 246 valence electrons. The Hall–Kier alpha value is -1.02. The summed E-state index contributed by atoms with van der Waals surface area (Å²) in [5, 5.41) is 31.6. The molecule has 2 aliphatic rings. The zero-order valence-electron chi connectivity index (χ0n) is 27.0. The normalized spacial score (nSPS) is 24.5. The summed E-state index contributed by atoms with van der Waals surface area (Å²) in [6.45, 7) is 3.77. The molecule has 0 aliphatic carbocycles. The molecule has 2 aliphatic heterocycles. The molecule has 2 rings (SSSR count). The summed E-state index contributed by atoms with van der Waals surface area (Å²) >= 11 is 0. The van der Waals surface area contributed by atoms with Crippen molar-refractivity contribution in [2.24, 2.45) is 5.92 Å². The summed E-state index contributed by atoms with van der Waals surface area (Å²) in [6, 6.07) is 0. The number of Topliss-reactive ketones (excluding diaryl/α,β-unsaturated/α-hetero) is 1. The Morgan fingerprint density at radius 3 is 1.79 bits per heavy atom. The Kier molecular flexibility index (Phi) is 19.9. The van der Waals surface area contributed by atoms with Crippen molar-refractivity contribution in [3.63, 3.8) is 0 Å². The van der Waals surface area contributed by atoms with Crippen LogP contribution in [-0.2, 0) is 19.1 Å². The van der Waals surface area contributed by atoms with Gasteiger partial charge in [0.2, 0.25) is 0 Å². The van der Waals surface area contributed by atoms with Crippen LogP contribution in [0.4, 0.5) is 0 Å². The number of carbonyl (C=O) groups excluding carboxylic acids is 2. The van der Waals surface area contributed by atoms with Gasteiger partial charge < -0.3 is 29.6 Å². The Labute approximate surface area is 256 Å². The number of unbranched alkanes of at least 4 members (excludes halogenated alkanes) is 12. The van der Waals surface area contributed by atoms with Gasteiger partial charge >= 0.3 is 5.97 Å². The lowest BCUT2D eigenvalue weighted by Gasteiger charge is -2.22. The van der Waals surface area contributed by atoms with E-state index in [9.17, 15) is 24.9 Å². The van der Waals surface area contributed by atoms with Crippen molar-refractivity contribution in [1.82, 2.24) is 0 Å². The van der Waals surface area contributed by atoms with Gasteiger partial charge in [-0.25, -0.2) is 0 Å². The highest BCUT2D eigenvalue weighted by Crippen LogP contribution is 2.29. The number of ether oxygens (including phenoxy) is 2. The fraction of sp³-hybridized carbons (Fsp3) is 0.943. The molecule has 42 heavy (non-hydrogen) atoms. The van der Waals surface area contributed by atoms with Crippen LogP contribution in [0.1, 0.15) is 168 Å². The van der Waals surface area contributed by atoms with E-state index in [1.807, 2.05) is 0 Å². The summed E-state index contributed by atoms with van der Waals surface area (Å²) in [5.41, 5.74) is 0.